The number of carbonyl (C=O) groups excluding carboxylic acids is 3. The van der Waals surface area contributed by atoms with E-state index in [0.717, 1.165) is 0 Å². The largest absolute Gasteiger partial charge is 0.366 e. The van der Waals surface area contributed by atoms with Gasteiger partial charge in [0.15, 0.2) is 0 Å². The van der Waals surface area contributed by atoms with Crippen LogP contribution in [-0.4, -0.2) is 60.2 Å². The van der Waals surface area contributed by atoms with E-state index < -0.39 is 5.91 Å². The molecule has 1 aliphatic rings. The molecule has 2 aromatic rings. The fourth-order valence-electron chi connectivity index (χ4n) is 2.84. The number of hydrogen-bond donors (Lipinski definition) is 2. The summed E-state index contributed by atoms with van der Waals surface area (Å²) < 4.78 is 0. The summed E-state index contributed by atoms with van der Waals surface area (Å²) in [6, 6.07) is 10.8. The summed E-state index contributed by atoms with van der Waals surface area (Å²) in [4.78, 5) is 39.7. The summed E-state index contributed by atoms with van der Waals surface area (Å²) in [7, 11) is 0. The van der Waals surface area contributed by atoms with Gasteiger partial charge < -0.3 is 16.0 Å². The van der Waals surface area contributed by atoms with Gasteiger partial charge in [0.1, 0.15) is 5.00 Å². The second kappa shape index (κ2) is 8.11. The Morgan fingerprint density at radius 2 is 1.73 bits per heavy atom. The maximum absolute atomic E-state index is 12.4. The highest BCUT2D eigenvalue weighted by Crippen LogP contribution is 2.22. The average molecular weight is 372 g/mol. The summed E-state index contributed by atoms with van der Waals surface area (Å²) in [5.74, 6) is -0.744. The second-order valence-electron chi connectivity index (χ2n) is 6.01. The second-order valence-corrected chi connectivity index (χ2v) is 6.93. The zero-order valence-electron chi connectivity index (χ0n) is 14.2. The minimum atomic E-state index is -0.561. The number of nitrogens with one attached hydrogen (secondary N) is 1. The molecule has 0 radical (unpaired) electrons. The normalized spacial score (nSPS) is 14.8. The van der Waals surface area contributed by atoms with Gasteiger partial charge in [0.25, 0.3) is 11.8 Å². The third-order valence-corrected chi connectivity index (χ3v) is 5.06. The number of benzene rings is 1. The fraction of sp³-hybridized carbons (Fsp3) is 0.278. The lowest BCUT2D eigenvalue weighted by Crippen LogP contribution is -2.50. The molecule has 7 nitrogen and oxygen atoms in total. The Morgan fingerprint density at radius 1 is 1.04 bits per heavy atom. The van der Waals surface area contributed by atoms with E-state index in [1.807, 2.05) is 23.1 Å². The Bertz CT molecular complexity index is 798. The molecule has 3 amide bonds. The highest BCUT2D eigenvalue weighted by atomic mass is 32.1. The van der Waals surface area contributed by atoms with Crippen LogP contribution in [0.2, 0.25) is 0 Å². The third kappa shape index (κ3) is 4.27. The standard InChI is InChI=1S/C18H20N4O3S/c19-16(24)14-6-11-26-17(14)20-15(23)12-21-7-9-22(10-8-21)18(25)13-4-2-1-3-5-13/h1-6,11H,7-10,12H2,(H2,19,24)(H,20,23). The average Bonchev–Trinajstić information content (AvgIpc) is 3.11. The van der Waals surface area contributed by atoms with Gasteiger partial charge in [-0.25, -0.2) is 0 Å². The summed E-state index contributed by atoms with van der Waals surface area (Å²) >= 11 is 1.27. The Hall–Kier alpha value is -2.71. The molecule has 0 atom stereocenters. The van der Waals surface area contributed by atoms with Crippen LogP contribution in [0.4, 0.5) is 5.00 Å². The van der Waals surface area contributed by atoms with Gasteiger partial charge in [0.2, 0.25) is 5.91 Å². The molecule has 136 valence electrons. The van der Waals surface area contributed by atoms with Crippen molar-refractivity contribution >= 4 is 34.1 Å². The molecule has 1 saturated heterocycles. The lowest BCUT2D eigenvalue weighted by Gasteiger charge is -2.34. The number of thiophene rings is 1. The lowest BCUT2D eigenvalue weighted by molar-refractivity contribution is -0.117. The SMILES string of the molecule is NC(=O)c1ccsc1NC(=O)CN1CCN(C(=O)c2ccccc2)CC1. The molecule has 0 spiro atoms. The highest BCUT2D eigenvalue weighted by Gasteiger charge is 2.23. The quantitative estimate of drug-likeness (QED) is 0.825. The predicted octanol–water partition coefficient (Wildman–Crippen LogP) is 1.24. The Balaban J connectivity index is 1.49. The van der Waals surface area contributed by atoms with Crippen molar-refractivity contribution in [3.63, 3.8) is 0 Å². The third-order valence-electron chi connectivity index (χ3n) is 4.23. The van der Waals surface area contributed by atoms with Crippen LogP contribution >= 0.6 is 11.3 Å². The van der Waals surface area contributed by atoms with Crippen molar-refractivity contribution in [3.05, 3.63) is 52.9 Å². The smallest absolute Gasteiger partial charge is 0.253 e. The van der Waals surface area contributed by atoms with Crippen LogP contribution in [0.5, 0.6) is 0 Å². The van der Waals surface area contributed by atoms with Gasteiger partial charge in [-0.1, -0.05) is 18.2 Å². The summed E-state index contributed by atoms with van der Waals surface area (Å²) in [5.41, 5.74) is 6.28. The number of hydrogen-bond acceptors (Lipinski definition) is 5. The van der Waals surface area contributed by atoms with E-state index in [9.17, 15) is 14.4 Å². The van der Waals surface area contributed by atoms with Gasteiger partial charge in [-0.3, -0.25) is 19.3 Å². The Labute approximate surface area is 155 Å². The molecule has 0 bridgehead atoms. The maximum atomic E-state index is 12.4. The Morgan fingerprint density at radius 3 is 2.38 bits per heavy atom. The van der Waals surface area contributed by atoms with Crippen LogP contribution < -0.4 is 11.1 Å². The first-order valence-electron chi connectivity index (χ1n) is 8.28. The molecule has 26 heavy (non-hydrogen) atoms. The van der Waals surface area contributed by atoms with Crippen molar-refractivity contribution in [1.29, 1.82) is 0 Å². The number of amides is 3. The van der Waals surface area contributed by atoms with E-state index in [1.165, 1.54) is 11.3 Å². The molecular formula is C18H20N4O3S. The zero-order chi connectivity index (χ0) is 18.5. The van der Waals surface area contributed by atoms with E-state index in [-0.39, 0.29) is 18.4 Å². The van der Waals surface area contributed by atoms with Crippen LogP contribution in [0.25, 0.3) is 0 Å². The van der Waals surface area contributed by atoms with E-state index in [4.69, 9.17) is 5.73 Å². The summed E-state index contributed by atoms with van der Waals surface area (Å²) in [6.45, 7) is 2.61. The highest BCUT2D eigenvalue weighted by molar-refractivity contribution is 7.14. The van der Waals surface area contributed by atoms with Crippen LogP contribution in [-0.2, 0) is 4.79 Å². The first-order chi connectivity index (χ1) is 12.5. The number of nitrogens with zero attached hydrogens (tertiary/aromatic N) is 2. The molecule has 0 unspecified atom stereocenters. The van der Waals surface area contributed by atoms with Gasteiger partial charge in [0.05, 0.1) is 12.1 Å². The van der Waals surface area contributed by atoms with Crippen LogP contribution in [0.3, 0.4) is 0 Å². The molecule has 8 heteroatoms. The molecule has 1 fully saturated rings. The molecule has 1 aromatic carbocycles. The molecule has 1 aliphatic heterocycles. The minimum absolute atomic E-state index is 0.0133. The summed E-state index contributed by atoms with van der Waals surface area (Å²) in [6.07, 6.45) is 0. The fourth-order valence-corrected chi connectivity index (χ4v) is 3.65. The van der Waals surface area contributed by atoms with Gasteiger partial charge in [0, 0.05) is 31.7 Å². The van der Waals surface area contributed by atoms with E-state index >= 15 is 0 Å². The molecule has 3 rings (SSSR count). The van der Waals surface area contributed by atoms with Crippen molar-refractivity contribution in [3.8, 4) is 0 Å². The number of nitrogens with two attached hydrogens (primary N) is 1. The first kappa shape index (κ1) is 18.1. The number of carbonyl (C=O) groups is 3. The van der Waals surface area contributed by atoms with Gasteiger partial charge in [-0.15, -0.1) is 11.3 Å². The molecular weight excluding hydrogens is 352 g/mol. The topological polar surface area (TPSA) is 95.7 Å². The minimum Gasteiger partial charge on any atom is -0.366 e. The van der Waals surface area contributed by atoms with E-state index in [2.05, 4.69) is 5.32 Å². The zero-order valence-corrected chi connectivity index (χ0v) is 15.0. The number of rotatable bonds is 5. The van der Waals surface area contributed by atoms with Crippen molar-refractivity contribution in [2.24, 2.45) is 5.73 Å². The van der Waals surface area contributed by atoms with Crippen molar-refractivity contribution < 1.29 is 14.4 Å². The number of piperazine rings is 1. The molecule has 0 aliphatic carbocycles. The molecule has 2 heterocycles. The predicted molar refractivity (Wildman–Crippen MR) is 100 cm³/mol. The van der Waals surface area contributed by atoms with Gasteiger partial charge >= 0.3 is 0 Å². The molecule has 0 saturated carbocycles. The van der Waals surface area contributed by atoms with E-state index in [0.29, 0.717) is 42.3 Å². The number of primary amides is 1. The first-order valence-corrected chi connectivity index (χ1v) is 9.16. The molecule has 3 N–H and O–H groups in total. The van der Waals surface area contributed by atoms with Crippen LogP contribution in [0, 0.1) is 0 Å². The van der Waals surface area contributed by atoms with Crippen LogP contribution in [0.15, 0.2) is 41.8 Å². The van der Waals surface area contributed by atoms with Crippen LogP contribution in [0.1, 0.15) is 20.7 Å². The van der Waals surface area contributed by atoms with Gasteiger partial charge in [-0.2, -0.15) is 0 Å². The lowest BCUT2D eigenvalue weighted by atomic mass is 10.2. The number of anilines is 1. The molecule has 1 aromatic heterocycles. The van der Waals surface area contributed by atoms with Gasteiger partial charge in [-0.05, 0) is 23.6 Å². The maximum Gasteiger partial charge on any atom is 0.253 e. The monoisotopic (exact) mass is 372 g/mol. The van der Waals surface area contributed by atoms with Crippen molar-refractivity contribution in [2.45, 2.75) is 0 Å². The summed E-state index contributed by atoms with van der Waals surface area (Å²) in [5, 5.41) is 4.92. The van der Waals surface area contributed by atoms with Crippen molar-refractivity contribution in [1.82, 2.24) is 9.80 Å². The Kier molecular flexibility index (Phi) is 5.65. The van der Waals surface area contributed by atoms with E-state index in [1.54, 1.807) is 28.5 Å². The van der Waals surface area contributed by atoms with Crippen molar-refractivity contribution in [2.75, 3.05) is 38.0 Å².